The van der Waals surface area contributed by atoms with Crippen LogP contribution in [0.2, 0.25) is 0 Å². The first-order valence-corrected chi connectivity index (χ1v) is 8.26. The zero-order valence-corrected chi connectivity index (χ0v) is 14.6. The molecule has 2 rings (SSSR count). The van der Waals surface area contributed by atoms with Gasteiger partial charge in [-0.15, -0.1) is 0 Å². The molecule has 7 heteroatoms. The van der Waals surface area contributed by atoms with Gasteiger partial charge in [-0.3, -0.25) is 0 Å². The summed E-state index contributed by atoms with van der Waals surface area (Å²) in [5.41, 5.74) is 0.813. The highest BCUT2D eigenvalue weighted by Gasteiger charge is 2.36. The Morgan fingerprint density at radius 2 is 1.92 bits per heavy atom. The lowest BCUT2D eigenvalue weighted by Crippen LogP contribution is -2.19. The largest absolute Gasteiger partial charge is 0.463 e. The number of nitrogens with zero attached hydrogens (tertiary/aromatic N) is 3. The van der Waals surface area contributed by atoms with Crippen LogP contribution in [0.5, 0.6) is 6.01 Å². The average molecular weight is 353 g/mol. The lowest BCUT2D eigenvalue weighted by molar-refractivity contribution is -0.137. The maximum absolute atomic E-state index is 13.4. The lowest BCUT2D eigenvalue weighted by Gasteiger charge is -2.23. The topological polar surface area (TPSA) is 38.2 Å². The Morgan fingerprint density at radius 3 is 2.56 bits per heavy atom. The van der Waals surface area contributed by atoms with E-state index in [0.29, 0.717) is 18.7 Å². The molecule has 136 valence electrons. The molecule has 0 fully saturated rings. The van der Waals surface area contributed by atoms with Gasteiger partial charge in [0.15, 0.2) is 5.82 Å². The molecule has 0 radical (unpaired) electrons. The van der Waals surface area contributed by atoms with Crippen molar-refractivity contribution in [3.63, 3.8) is 0 Å². The number of rotatable bonds is 7. The fourth-order valence-electron chi connectivity index (χ4n) is 2.41. The van der Waals surface area contributed by atoms with Gasteiger partial charge in [-0.05, 0) is 30.5 Å². The molecule has 1 heterocycles. The third kappa shape index (κ3) is 4.84. The van der Waals surface area contributed by atoms with E-state index in [1.165, 1.54) is 4.90 Å². The van der Waals surface area contributed by atoms with Crippen LogP contribution < -0.4 is 9.64 Å². The highest BCUT2D eigenvalue weighted by Crippen LogP contribution is 2.37. The highest BCUT2D eigenvalue weighted by atomic mass is 19.4. The van der Waals surface area contributed by atoms with Crippen LogP contribution >= 0.6 is 0 Å². The van der Waals surface area contributed by atoms with Crippen molar-refractivity contribution < 1.29 is 17.9 Å². The molecular weight excluding hydrogens is 331 g/mol. The van der Waals surface area contributed by atoms with E-state index in [4.69, 9.17) is 4.74 Å². The molecule has 0 spiro atoms. The molecule has 0 amide bonds. The van der Waals surface area contributed by atoms with Crippen LogP contribution in [0.4, 0.5) is 24.7 Å². The highest BCUT2D eigenvalue weighted by molar-refractivity contribution is 5.63. The first-order chi connectivity index (χ1) is 11.9. The number of hydrogen-bond donors (Lipinski definition) is 0. The van der Waals surface area contributed by atoms with Crippen molar-refractivity contribution in [1.82, 2.24) is 9.97 Å². The zero-order valence-electron chi connectivity index (χ0n) is 14.6. The van der Waals surface area contributed by atoms with Gasteiger partial charge in [-0.2, -0.15) is 18.2 Å². The number of aryl methyl sites for hydroxylation is 1. The number of ether oxygens (including phenoxy) is 1. The van der Waals surface area contributed by atoms with E-state index in [-0.39, 0.29) is 11.8 Å². The van der Waals surface area contributed by atoms with Gasteiger partial charge in [0.2, 0.25) is 0 Å². The maximum atomic E-state index is 13.4. The second-order valence-corrected chi connectivity index (χ2v) is 5.71. The Balaban J connectivity index is 2.44. The summed E-state index contributed by atoms with van der Waals surface area (Å²) in [6.07, 6.45) is -1.23. The van der Waals surface area contributed by atoms with Gasteiger partial charge >= 0.3 is 12.2 Å². The van der Waals surface area contributed by atoms with E-state index in [1.807, 2.05) is 25.1 Å². The predicted molar refractivity (Wildman–Crippen MR) is 91.3 cm³/mol. The Bertz CT molecular complexity index is 704. The van der Waals surface area contributed by atoms with E-state index < -0.39 is 11.7 Å². The van der Waals surface area contributed by atoms with Crippen molar-refractivity contribution in [1.29, 1.82) is 0 Å². The fraction of sp³-hybridized carbons (Fsp3) is 0.444. The van der Waals surface area contributed by atoms with E-state index >= 15 is 0 Å². The molecule has 0 aliphatic carbocycles. The fourth-order valence-corrected chi connectivity index (χ4v) is 2.41. The summed E-state index contributed by atoms with van der Waals surface area (Å²) < 4.78 is 45.4. The molecule has 2 aromatic rings. The van der Waals surface area contributed by atoms with E-state index in [2.05, 4.69) is 16.9 Å². The van der Waals surface area contributed by atoms with E-state index in [0.717, 1.165) is 24.6 Å². The van der Waals surface area contributed by atoms with Crippen molar-refractivity contribution in [2.24, 2.45) is 0 Å². The van der Waals surface area contributed by atoms with Crippen LogP contribution in [0.15, 0.2) is 30.5 Å². The normalized spacial score (nSPS) is 11.4. The average Bonchev–Trinajstić information content (AvgIpc) is 2.58. The van der Waals surface area contributed by atoms with Gasteiger partial charge in [0.25, 0.3) is 0 Å². The zero-order chi connectivity index (χ0) is 18.4. The number of benzene rings is 1. The van der Waals surface area contributed by atoms with Gasteiger partial charge in [0, 0.05) is 18.9 Å². The first-order valence-electron chi connectivity index (χ1n) is 8.26. The van der Waals surface area contributed by atoms with Crippen molar-refractivity contribution in [3.8, 4) is 6.01 Å². The molecule has 0 atom stereocenters. The minimum Gasteiger partial charge on any atom is -0.463 e. The summed E-state index contributed by atoms with van der Waals surface area (Å²) in [5, 5.41) is 0. The van der Waals surface area contributed by atoms with E-state index in [9.17, 15) is 13.2 Å². The number of hydrogen-bond acceptors (Lipinski definition) is 4. The second kappa shape index (κ2) is 8.18. The molecule has 0 aliphatic heterocycles. The molecule has 0 N–H and O–H groups in total. The maximum Gasteiger partial charge on any atom is 0.421 e. The van der Waals surface area contributed by atoms with Crippen LogP contribution in [-0.4, -0.2) is 23.6 Å². The van der Waals surface area contributed by atoms with E-state index in [1.54, 1.807) is 13.1 Å². The summed E-state index contributed by atoms with van der Waals surface area (Å²) in [6.45, 7) is 4.30. The second-order valence-electron chi connectivity index (χ2n) is 5.71. The van der Waals surface area contributed by atoms with Gasteiger partial charge in [-0.25, -0.2) is 4.98 Å². The molecular formula is C18H22F3N3O. The molecule has 1 aromatic heterocycles. The smallest absolute Gasteiger partial charge is 0.421 e. The molecule has 0 saturated carbocycles. The number of halogens is 3. The predicted octanol–water partition coefficient (Wildman–Crippen LogP) is 5.00. The summed E-state index contributed by atoms with van der Waals surface area (Å²) in [4.78, 5) is 9.11. The summed E-state index contributed by atoms with van der Waals surface area (Å²) in [6, 6.07) is 7.37. The summed E-state index contributed by atoms with van der Waals surface area (Å²) >= 11 is 0. The standard InChI is InChI=1S/C18H22F3N3O/c1-4-7-13-8-6-9-14(11-13)24(3)16-15(18(19,20)21)12-22-17(23-16)25-10-5-2/h6,8-9,11-12H,4-5,7,10H2,1-3H3. The molecule has 4 nitrogen and oxygen atoms in total. The van der Waals surface area contributed by atoms with Gasteiger partial charge < -0.3 is 9.64 Å². The summed E-state index contributed by atoms with van der Waals surface area (Å²) in [5.74, 6) is -0.220. The Morgan fingerprint density at radius 1 is 1.16 bits per heavy atom. The monoisotopic (exact) mass is 353 g/mol. The van der Waals surface area contributed by atoms with Crippen molar-refractivity contribution in [3.05, 3.63) is 41.6 Å². The van der Waals surface area contributed by atoms with Crippen LogP contribution in [0.3, 0.4) is 0 Å². The Kier molecular flexibility index (Phi) is 6.22. The van der Waals surface area contributed by atoms with Crippen molar-refractivity contribution in [2.75, 3.05) is 18.6 Å². The van der Waals surface area contributed by atoms with Crippen LogP contribution in [0, 0.1) is 0 Å². The minimum absolute atomic E-state index is 0.0542. The van der Waals surface area contributed by atoms with Crippen molar-refractivity contribution in [2.45, 2.75) is 39.3 Å². The number of aromatic nitrogens is 2. The SMILES string of the molecule is CCCOc1ncc(C(F)(F)F)c(N(C)c2cccc(CCC)c2)n1. The molecule has 0 saturated heterocycles. The van der Waals surface area contributed by atoms with Crippen LogP contribution in [0.1, 0.15) is 37.8 Å². The van der Waals surface area contributed by atoms with Crippen LogP contribution in [0.25, 0.3) is 0 Å². The molecule has 0 aliphatic rings. The Labute approximate surface area is 145 Å². The first kappa shape index (κ1) is 19.0. The Hall–Kier alpha value is -2.31. The molecule has 0 bridgehead atoms. The van der Waals surface area contributed by atoms with Gasteiger partial charge in [-0.1, -0.05) is 32.4 Å². The quantitative estimate of drug-likeness (QED) is 0.702. The molecule has 25 heavy (non-hydrogen) atoms. The van der Waals surface area contributed by atoms with Crippen LogP contribution in [-0.2, 0) is 12.6 Å². The van der Waals surface area contributed by atoms with Gasteiger partial charge in [0.1, 0.15) is 5.56 Å². The molecule has 0 unspecified atom stereocenters. The lowest BCUT2D eigenvalue weighted by atomic mass is 10.1. The minimum atomic E-state index is -4.55. The number of alkyl halides is 3. The third-order valence-corrected chi connectivity index (χ3v) is 3.64. The van der Waals surface area contributed by atoms with Crippen molar-refractivity contribution >= 4 is 11.5 Å². The summed E-state index contributed by atoms with van der Waals surface area (Å²) in [7, 11) is 1.56. The molecule has 1 aromatic carbocycles. The third-order valence-electron chi connectivity index (χ3n) is 3.64. The number of anilines is 2. The van der Waals surface area contributed by atoms with Gasteiger partial charge in [0.05, 0.1) is 6.61 Å².